The predicted molar refractivity (Wildman–Crippen MR) is 131 cm³/mol. The first-order chi connectivity index (χ1) is 13.4. The van der Waals surface area contributed by atoms with E-state index < -0.39 is 16.1 Å². The summed E-state index contributed by atoms with van der Waals surface area (Å²) < 4.78 is 12.8. The SMILES string of the molecule is CC1(C)OB(/C=C(\[Si](C)(C)C)[Si](C)(c2ccccc2)c2ccccc2)OC1(C)C. The Morgan fingerprint density at radius 1 is 0.724 bits per heavy atom. The minimum Gasteiger partial charge on any atom is -0.400 e. The molecule has 1 fully saturated rings. The molecule has 0 amide bonds. The van der Waals surface area contributed by atoms with Crippen LogP contribution in [0.25, 0.3) is 0 Å². The fourth-order valence-electron chi connectivity index (χ4n) is 4.28. The average Bonchev–Trinajstić information content (AvgIpc) is 2.86. The zero-order valence-corrected chi connectivity index (χ0v) is 21.2. The van der Waals surface area contributed by atoms with Crippen molar-refractivity contribution in [1.29, 1.82) is 0 Å². The van der Waals surface area contributed by atoms with E-state index in [9.17, 15) is 0 Å². The maximum absolute atomic E-state index is 6.40. The molecule has 1 heterocycles. The third kappa shape index (κ3) is 4.24. The van der Waals surface area contributed by atoms with E-state index in [0.717, 1.165) is 0 Å². The summed E-state index contributed by atoms with van der Waals surface area (Å²) in [7, 11) is -4.15. The number of hydrogen-bond acceptors (Lipinski definition) is 2. The van der Waals surface area contributed by atoms with E-state index >= 15 is 0 Å². The molecule has 2 aromatic carbocycles. The number of rotatable bonds is 5. The Kier molecular flexibility index (Phi) is 5.91. The van der Waals surface area contributed by atoms with Crippen molar-refractivity contribution in [3.05, 3.63) is 71.5 Å². The van der Waals surface area contributed by atoms with Crippen molar-refractivity contribution in [2.75, 3.05) is 0 Å². The molecule has 0 atom stereocenters. The van der Waals surface area contributed by atoms with Gasteiger partial charge in [0.1, 0.15) is 8.07 Å². The van der Waals surface area contributed by atoms with E-state index in [-0.39, 0.29) is 18.3 Å². The minimum absolute atomic E-state index is 0.305. The molecule has 2 aromatic rings. The van der Waals surface area contributed by atoms with Gasteiger partial charge in [-0.05, 0) is 27.7 Å². The van der Waals surface area contributed by atoms with Crippen molar-refractivity contribution in [1.82, 2.24) is 0 Å². The van der Waals surface area contributed by atoms with E-state index in [1.165, 1.54) is 10.4 Å². The molecule has 1 saturated heterocycles. The Morgan fingerprint density at radius 3 is 1.45 bits per heavy atom. The van der Waals surface area contributed by atoms with Crippen molar-refractivity contribution in [2.45, 2.75) is 65.1 Å². The molecule has 0 aromatic heterocycles. The Labute approximate surface area is 179 Å². The Hall–Kier alpha value is -1.40. The molecule has 0 N–H and O–H groups in total. The van der Waals surface area contributed by atoms with Gasteiger partial charge in [-0.3, -0.25) is 0 Å². The highest BCUT2D eigenvalue weighted by molar-refractivity contribution is 7.18. The lowest BCUT2D eigenvalue weighted by atomic mass is 9.90. The molecule has 0 saturated carbocycles. The second kappa shape index (κ2) is 7.69. The fourth-order valence-corrected chi connectivity index (χ4v) is 14.9. The summed E-state index contributed by atoms with van der Waals surface area (Å²) in [4.78, 5) is 1.57. The monoisotopic (exact) mass is 422 g/mol. The van der Waals surface area contributed by atoms with Crippen LogP contribution < -0.4 is 10.4 Å². The van der Waals surface area contributed by atoms with Crippen LogP contribution in [0.15, 0.2) is 71.5 Å². The molecular weight excluding hydrogens is 387 g/mol. The standard InChI is InChI=1S/C24H35BO2Si2/c1-23(2)24(3,4)27-25(26-23)19-22(28(5,6)7)29(8,20-15-11-9-12-16-20)21-17-13-10-14-18-21/h9-19H,1-8H3/b22-19+. The van der Waals surface area contributed by atoms with Gasteiger partial charge in [-0.1, -0.05) is 108 Å². The summed E-state index contributed by atoms with van der Waals surface area (Å²) in [5, 5.41) is 2.88. The molecule has 0 unspecified atom stereocenters. The van der Waals surface area contributed by atoms with E-state index in [0.29, 0.717) is 0 Å². The van der Waals surface area contributed by atoms with Gasteiger partial charge in [0, 0.05) is 0 Å². The van der Waals surface area contributed by atoms with Gasteiger partial charge in [0.25, 0.3) is 0 Å². The Balaban J connectivity index is 2.20. The van der Waals surface area contributed by atoms with Crippen LogP contribution in [0.1, 0.15) is 27.7 Å². The van der Waals surface area contributed by atoms with Crippen LogP contribution in [-0.4, -0.2) is 34.5 Å². The molecule has 29 heavy (non-hydrogen) atoms. The van der Waals surface area contributed by atoms with Crippen LogP contribution in [0.2, 0.25) is 26.2 Å². The molecule has 1 aliphatic heterocycles. The lowest BCUT2D eigenvalue weighted by Gasteiger charge is -2.38. The largest absolute Gasteiger partial charge is 0.486 e. The lowest BCUT2D eigenvalue weighted by Crippen LogP contribution is -2.62. The van der Waals surface area contributed by atoms with Gasteiger partial charge in [-0.15, -0.1) is 0 Å². The number of hydrogen-bond donors (Lipinski definition) is 0. The van der Waals surface area contributed by atoms with Crippen LogP contribution in [0, 0.1) is 0 Å². The van der Waals surface area contributed by atoms with Gasteiger partial charge in [0.05, 0.1) is 19.3 Å². The van der Waals surface area contributed by atoms with E-state index in [4.69, 9.17) is 9.31 Å². The van der Waals surface area contributed by atoms with Crippen molar-refractivity contribution >= 4 is 33.6 Å². The third-order valence-electron chi connectivity index (χ3n) is 6.62. The zero-order valence-electron chi connectivity index (χ0n) is 19.2. The zero-order chi connectivity index (χ0) is 21.5. The van der Waals surface area contributed by atoms with E-state index in [1.807, 2.05) is 0 Å². The van der Waals surface area contributed by atoms with Crippen LogP contribution in [0.4, 0.5) is 0 Å². The fraction of sp³-hybridized carbons (Fsp3) is 0.417. The average molecular weight is 423 g/mol. The lowest BCUT2D eigenvalue weighted by molar-refractivity contribution is 0.00578. The molecule has 5 heteroatoms. The molecule has 154 valence electrons. The van der Waals surface area contributed by atoms with Gasteiger partial charge < -0.3 is 9.31 Å². The highest BCUT2D eigenvalue weighted by atomic mass is 28.4. The molecule has 0 radical (unpaired) electrons. The predicted octanol–water partition coefficient (Wildman–Crippen LogP) is 4.85. The van der Waals surface area contributed by atoms with Crippen molar-refractivity contribution in [3.63, 3.8) is 0 Å². The van der Waals surface area contributed by atoms with Crippen LogP contribution in [-0.2, 0) is 9.31 Å². The summed E-state index contributed by atoms with van der Waals surface area (Å²) in [6, 6.07) is 22.1. The molecule has 0 bridgehead atoms. The van der Waals surface area contributed by atoms with Gasteiger partial charge in [-0.2, -0.15) is 0 Å². The first-order valence-electron chi connectivity index (χ1n) is 10.6. The molecule has 3 rings (SSSR count). The first-order valence-corrected chi connectivity index (χ1v) is 16.6. The molecular formula is C24H35BO2Si2. The molecule has 0 spiro atoms. The smallest absolute Gasteiger partial charge is 0.400 e. The van der Waals surface area contributed by atoms with Crippen LogP contribution in [0.3, 0.4) is 0 Å². The second-order valence-electron chi connectivity index (χ2n) is 10.3. The highest BCUT2D eigenvalue weighted by Crippen LogP contribution is 2.38. The third-order valence-corrected chi connectivity index (χ3v) is 16.4. The van der Waals surface area contributed by atoms with Crippen molar-refractivity contribution in [3.8, 4) is 0 Å². The summed E-state index contributed by atoms with van der Waals surface area (Å²) in [5.41, 5.74) is -0.646. The van der Waals surface area contributed by atoms with Gasteiger partial charge in [-0.25, -0.2) is 0 Å². The molecule has 1 aliphatic rings. The van der Waals surface area contributed by atoms with E-state index in [1.54, 1.807) is 4.82 Å². The van der Waals surface area contributed by atoms with Gasteiger partial charge in [0.15, 0.2) is 0 Å². The van der Waals surface area contributed by atoms with Gasteiger partial charge in [0.2, 0.25) is 0 Å². The Bertz CT molecular complexity index is 815. The normalized spacial score (nSPS) is 19.4. The maximum atomic E-state index is 6.40. The van der Waals surface area contributed by atoms with E-state index in [2.05, 4.69) is 121 Å². The van der Waals surface area contributed by atoms with Crippen LogP contribution in [0.5, 0.6) is 0 Å². The second-order valence-corrected chi connectivity index (χ2v) is 19.8. The summed E-state index contributed by atoms with van der Waals surface area (Å²) in [6.45, 7) is 18.3. The summed E-state index contributed by atoms with van der Waals surface area (Å²) in [5.74, 6) is 2.34. The quantitative estimate of drug-likeness (QED) is 0.641. The first kappa shape index (κ1) is 22.3. The molecule has 2 nitrogen and oxygen atoms in total. The van der Waals surface area contributed by atoms with Crippen molar-refractivity contribution < 1.29 is 9.31 Å². The number of benzene rings is 2. The summed E-state index contributed by atoms with van der Waals surface area (Å²) >= 11 is 0. The topological polar surface area (TPSA) is 18.5 Å². The highest BCUT2D eigenvalue weighted by Gasteiger charge is 2.52. The maximum Gasteiger partial charge on any atom is 0.486 e. The minimum atomic E-state index is -2.16. The molecule has 0 aliphatic carbocycles. The van der Waals surface area contributed by atoms with Gasteiger partial charge >= 0.3 is 7.12 Å². The Morgan fingerprint density at radius 2 is 1.10 bits per heavy atom. The van der Waals surface area contributed by atoms with Crippen molar-refractivity contribution in [2.24, 2.45) is 0 Å². The summed E-state index contributed by atoms with van der Waals surface area (Å²) in [6.07, 6.45) is 0. The van der Waals surface area contributed by atoms with Crippen LogP contribution >= 0.6 is 0 Å².